The van der Waals surface area contributed by atoms with Gasteiger partial charge in [0.25, 0.3) is 0 Å². The summed E-state index contributed by atoms with van der Waals surface area (Å²) in [5.74, 6) is 1.77. The number of nitrogens with zero attached hydrogens (tertiary/aromatic N) is 3. The second-order valence-electron chi connectivity index (χ2n) is 7.11. The summed E-state index contributed by atoms with van der Waals surface area (Å²) in [5.41, 5.74) is 2.52. The first-order chi connectivity index (χ1) is 12.1. The molecule has 0 aromatic heterocycles. The predicted octanol–water partition coefficient (Wildman–Crippen LogP) is 4.56. The molecule has 25 heavy (non-hydrogen) atoms. The molecular weight excluding hydrogens is 330 g/mol. The monoisotopic (exact) mass is 359 g/mol. The van der Waals surface area contributed by atoms with Crippen LogP contribution in [0.15, 0.2) is 44.7 Å². The van der Waals surface area contributed by atoms with Crippen molar-refractivity contribution >= 4 is 23.7 Å². The Morgan fingerprint density at radius 3 is 2.84 bits per heavy atom. The summed E-state index contributed by atoms with van der Waals surface area (Å²) in [6.07, 6.45) is 12.5. The van der Waals surface area contributed by atoms with E-state index < -0.39 is 0 Å². The Bertz CT molecular complexity index is 623. The van der Waals surface area contributed by atoms with Crippen molar-refractivity contribution in [1.82, 2.24) is 4.90 Å². The summed E-state index contributed by atoms with van der Waals surface area (Å²) in [5, 5.41) is 0. The van der Waals surface area contributed by atoms with Crippen LogP contribution in [-0.4, -0.2) is 47.8 Å². The van der Waals surface area contributed by atoms with Gasteiger partial charge in [0.1, 0.15) is 6.10 Å². The van der Waals surface area contributed by atoms with Crippen molar-refractivity contribution in [2.75, 3.05) is 18.8 Å². The van der Waals surface area contributed by atoms with Crippen LogP contribution in [-0.2, 0) is 4.74 Å². The topological polar surface area (TPSA) is 37.2 Å². The zero-order chi connectivity index (χ0) is 17.6. The van der Waals surface area contributed by atoms with E-state index in [1.165, 1.54) is 10.5 Å². The van der Waals surface area contributed by atoms with Gasteiger partial charge in [0, 0.05) is 54.3 Å². The highest BCUT2D eigenvalue weighted by molar-refractivity contribution is 8.03. The fraction of sp³-hybridized carbons (Fsp3) is 0.600. The largest absolute Gasteiger partial charge is 0.474 e. The minimum atomic E-state index is 0.298. The lowest BCUT2D eigenvalue weighted by molar-refractivity contribution is 0.0392. The van der Waals surface area contributed by atoms with Crippen LogP contribution in [0, 0.1) is 0 Å². The molecule has 2 aliphatic heterocycles. The molecule has 1 fully saturated rings. The van der Waals surface area contributed by atoms with E-state index in [2.05, 4.69) is 42.8 Å². The van der Waals surface area contributed by atoms with Crippen molar-refractivity contribution in [3.63, 3.8) is 0 Å². The number of thioether (sulfide) groups is 1. The van der Waals surface area contributed by atoms with Gasteiger partial charge in [-0.2, -0.15) is 0 Å². The summed E-state index contributed by atoms with van der Waals surface area (Å²) in [6.45, 7) is 8.88. The highest BCUT2D eigenvalue weighted by Gasteiger charge is 2.24. The molecule has 0 radical (unpaired) electrons. The molecule has 0 amide bonds. The number of rotatable bonds is 7. The number of likely N-dealkylation sites (tertiary alicyclic amines) is 1. The lowest BCUT2D eigenvalue weighted by atomic mass is 10.1. The van der Waals surface area contributed by atoms with Crippen molar-refractivity contribution < 1.29 is 4.74 Å². The number of allylic oxidation sites excluding steroid dienone is 4. The molecule has 4 nitrogen and oxygen atoms in total. The number of ether oxygens (including phenoxy) is 1. The van der Waals surface area contributed by atoms with E-state index in [1.54, 1.807) is 0 Å². The molecule has 5 heteroatoms. The smallest absolute Gasteiger partial charge is 0.223 e. The number of hydrogen-bond donors (Lipinski definition) is 0. The van der Waals surface area contributed by atoms with Gasteiger partial charge >= 0.3 is 0 Å². The fourth-order valence-electron chi connectivity index (χ4n) is 2.94. The predicted molar refractivity (Wildman–Crippen MR) is 108 cm³/mol. The minimum absolute atomic E-state index is 0.298. The Hall–Kier alpha value is -1.33. The first-order valence-corrected chi connectivity index (χ1v) is 10.3. The third-order valence-corrected chi connectivity index (χ3v) is 5.83. The Morgan fingerprint density at radius 2 is 2.16 bits per heavy atom. The van der Waals surface area contributed by atoms with Gasteiger partial charge in [-0.3, -0.25) is 4.99 Å². The quantitative estimate of drug-likeness (QED) is 0.626. The Morgan fingerprint density at radius 1 is 1.40 bits per heavy atom. The van der Waals surface area contributed by atoms with E-state index in [0.717, 1.165) is 56.1 Å². The van der Waals surface area contributed by atoms with Crippen LogP contribution >= 0.6 is 11.8 Å². The van der Waals surface area contributed by atoms with E-state index >= 15 is 0 Å². The van der Waals surface area contributed by atoms with E-state index in [1.807, 2.05) is 24.2 Å². The normalized spacial score (nSPS) is 22.9. The molecule has 0 aromatic rings. The summed E-state index contributed by atoms with van der Waals surface area (Å²) in [7, 11) is 0. The van der Waals surface area contributed by atoms with E-state index in [0.29, 0.717) is 12.1 Å². The Balaban J connectivity index is 1.49. The van der Waals surface area contributed by atoms with Gasteiger partial charge in [-0.25, -0.2) is 4.99 Å². The molecule has 3 aliphatic rings. The molecule has 0 spiro atoms. The molecule has 1 saturated heterocycles. The third kappa shape index (κ3) is 5.86. The molecule has 0 N–H and O–H groups in total. The van der Waals surface area contributed by atoms with Crippen molar-refractivity contribution in [3.8, 4) is 0 Å². The van der Waals surface area contributed by atoms with E-state index in [9.17, 15) is 0 Å². The SMILES string of the molecule is CC1=C(OC2CCN(C(C)C)CC2)N=C(C/C=N\C=C/C2=CC2)CS1. The lowest BCUT2D eigenvalue weighted by Gasteiger charge is -2.35. The lowest BCUT2D eigenvalue weighted by Crippen LogP contribution is -2.40. The van der Waals surface area contributed by atoms with Gasteiger partial charge in [-0.1, -0.05) is 6.08 Å². The van der Waals surface area contributed by atoms with Crippen molar-refractivity contribution in [3.05, 3.63) is 34.7 Å². The highest BCUT2D eigenvalue weighted by Crippen LogP contribution is 2.29. The van der Waals surface area contributed by atoms with Crippen LogP contribution in [0.4, 0.5) is 0 Å². The van der Waals surface area contributed by atoms with Crippen LogP contribution in [0.1, 0.15) is 46.5 Å². The average molecular weight is 360 g/mol. The van der Waals surface area contributed by atoms with Gasteiger partial charge in [0.15, 0.2) is 0 Å². The maximum atomic E-state index is 6.25. The van der Waals surface area contributed by atoms with Crippen molar-refractivity contribution in [1.29, 1.82) is 0 Å². The summed E-state index contributed by atoms with van der Waals surface area (Å²) in [4.78, 5) is 12.8. The second kappa shape index (κ2) is 8.86. The standard InChI is InChI=1S/C20H29N3OS/c1-15(2)23-12-8-19(9-13-23)24-20-16(3)25-14-18(22-20)7-11-21-10-6-17-4-5-17/h4,6,10-11,15,19H,5,7-9,12-14H2,1-3H3/b10-6-,21-11-. The zero-order valence-corrected chi connectivity index (χ0v) is 16.4. The zero-order valence-electron chi connectivity index (χ0n) is 15.6. The summed E-state index contributed by atoms with van der Waals surface area (Å²) >= 11 is 1.83. The summed E-state index contributed by atoms with van der Waals surface area (Å²) in [6, 6.07) is 0.626. The second-order valence-corrected chi connectivity index (χ2v) is 8.30. The minimum Gasteiger partial charge on any atom is -0.474 e. The number of piperidine rings is 1. The van der Waals surface area contributed by atoms with Gasteiger partial charge in [0.2, 0.25) is 5.88 Å². The van der Waals surface area contributed by atoms with Gasteiger partial charge in [-0.15, -0.1) is 11.8 Å². The first-order valence-electron chi connectivity index (χ1n) is 9.30. The van der Waals surface area contributed by atoms with Crippen LogP contribution < -0.4 is 0 Å². The van der Waals surface area contributed by atoms with Crippen LogP contribution in [0.5, 0.6) is 0 Å². The molecular formula is C20H29N3OS. The summed E-state index contributed by atoms with van der Waals surface area (Å²) < 4.78 is 6.25. The van der Waals surface area contributed by atoms with E-state index in [4.69, 9.17) is 9.73 Å². The molecule has 2 heterocycles. The molecule has 0 aromatic carbocycles. The van der Waals surface area contributed by atoms with Gasteiger partial charge in [-0.05, 0) is 51.7 Å². The molecule has 0 bridgehead atoms. The third-order valence-electron chi connectivity index (χ3n) is 4.75. The Kier molecular flexibility index (Phi) is 6.54. The average Bonchev–Trinajstić information content (AvgIpc) is 3.42. The van der Waals surface area contributed by atoms with Gasteiger partial charge < -0.3 is 9.64 Å². The van der Waals surface area contributed by atoms with Crippen LogP contribution in [0.3, 0.4) is 0 Å². The molecule has 0 saturated carbocycles. The van der Waals surface area contributed by atoms with Crippen LogP contribution in [0.2, 0.25) is 0 Å². The molecule has 0 atom stereocenters. The van der Waals surface area contributed by atoms with Crippen molar-refractivity contribution in [2.45, 2.75) is 58.6 Å². The number of aliphatic imine (C=N–C) groups is 2. The van der Waals surface area contributed by atoms with E-state index in [-0.39, 0.29) is 0 Å². The maximum Gasteiger partial charge on any atom is 0.223 e. The van der Waals surface area contributed by atoms with Crippen LogP contribution in [0.25, 0.3) is 0 Å². The number of hydrogen-bond acceptors (Lipinski definition) is 5. The van der Waals surface area contributed by atoms with Crippen molar-refractivity contribution in [2.24, 2.45) is 9.98 Å². The molecule has 3 rings (SSSR count). The molecule has 1 aliphatic carbocycles. The fourth-order valence-corrected chi connectivity index (χ4v) is 3.73. The van der Waals surface area contributed by atoms with Gasteiger partial charge in [0.05, 0.1) is 0 Å². The molecule has 136 valence electrons. The first kappa shape index (κ1) is 18.5. The Labute approximate surface area is 155 Å². The highest BCUT2D eigenvalue weighted by atomic mass is 32.2. The molecule has 0 unspecified atom stereocenters. The maximum absolute atomic E-state index is 6.25.